The summed E-state index contributed by atoms with van der Waals surface area (Å²) in [5.74, 6) is -0.132. The molecule has 0 radical (unpaired) electrons. The van der Waals surface area contributed by atoms with E-state index in [0.717, 1.165) is 21.6 Å². The summed E-state index contributed by atoms with van der Waals surface area (Å²) in [4.78, 5) is 33.9. The van der Waals surface area contributed by atoms with E-state index in [2.05, 4.69) is 4.98 Å². The van der Waals surface area contributed by atoms with Gasteiger partial charge in [0.25, 0.3) is 5.56 Å². The first-order chi connectivity index (χ1) is 14.4. The molecule has 0 N–H and O–H groups in total. The zero-order chi connectivity index (χ0) is 21.3. The van der Waals surface area contributed by atoms with Crippen molar-refractivity contribution < 1.29 is 4.79 Å². The Labute approximate surface area is 179 Å². The van der Waals surface area contributed by atoms with E-state index in [1.54, 1.807) is 11.9 Å². The molecule has 5 nitrogen and oxygen atoms in total. The van der Waals surface area contributed by atoms with E-state index < -0.39 is 0 Å². The number of carbonyl (C=O) groups is 1. The number of aryl methyl sites for hydroxylation is 2. The van der Waals surface area contributed by atoms with Gasteiger partial charge in [0.05, 0.1) is 11.7 Å². The molecule has 0 saturated carbocycles. The van der Waals surface area contributed by atoms with Gasteiger partial charge in [-0.2, -0.15) is 0 Å². The number of carbonyl (C=O) groups excluding carboxylic acids is 1. The van der Waals surface area contributed by atoms with Crippen molar-refractivity contribution in [3.05, 3.63) is 87.3 Å². The summed E-state index contributed by atoms with van der Waals surface area (Å²) < 4.78 is 1.41. The molecular formula is C24H23N3O2S. The molecule has 2 heterocycles. The van der Waals surface area contributed by atoms with Gasteiger partial charge in [0.1, 0.15) is 11.4 Å². The van der Waals surface area contributed by atoms with Crippen molar-refractivity contribution in [3.8, 4) is 11.1 Å². The maximum absolute atomic E-state index is 13.2. The summed E-state index contributed by atoms with van der Waals surface area (Å²) in [7, 11) is 1.75. The van der Waals surface area contributed by atoms with Crippen LogP contribution in [0.25, 0.3) is 21.3 Å². The molecule has 4 rings (SSSR count). The fourth-order valence-corrected chi connectivity index (χ4v) is 4.53. The molecule has 6 heteroatoms. The van der Waals surface area contributed by atoms with Gasteiger partial charge in [-0.3, -0.25) is 14.2 Å². The highest BCUT2D eigenvalue weighted by atomic mass is 32.1. The summed E-state index contributed by atoms with van der Waals surface area (Å²) in [6.07, 6.45) is 1.48. The van der Waals surface area contributed by atoms with Gasteiger partial charge in [0.2, 0.25) is 5.91 Å². The number of hydrogen-bond donors (Lipinski definition) is 0. The Hall–Kier alpha value is -3.25. The maximum atomic E-state index is 13.2. The van der Waals surface area contributed by atoms with Gasteiger partial charge < -0.3 is 4.90 Å². The predicted molar refractivity (Wildman–Crippen MR) is 122 cm³/mol. The van der Waals surface area contributed by atoms with E-state index in [1.165, 1.54) is 27.8 Å². The molecule has 0 aliphatic heterocycles. The first kappa shape index (κ1) is 20.0. The molecule has 0 unspecified atom stereocenters. The average Bonchev–Trinajstić information content (AvgIpc) is 3.09. The van der Waals surface area contributed by atoms with Crippen LogP contribution in [-0.4, -0.2) is 27.4 Å². The minimum atomic E-state index is -0.180. The van der Waals surface area contributed by atoms with E-state index >= 15 is 0 Å². The molecule has 2 aromatic carbocycles. The van der Waals surface area contributed by atoms with E-state index in [4.69, 9.17) is 0 Å². The Morgan fingerprint density at radius 3 is 2.47 bits per heavy atom. The molecule has 0 fully saturated rings. The van der Waals surface area contributed by atoms with Crippen LogP contribution in [0.5, 0.6) is 0 Å². The van der Waals surface area contributed by atoms with E-state index in [9.17, 15) is 9.59 Å². The second kappa shape index (κ2) is 8.24. The molecule has 0 aliphatic rings. The monoisotopic (exact) mass is 417 g/mol. The second-order valence-electron chi connectivity index (χ2n) is 7.49. The lowest BCUT2D eigenvalue weighted by Crippen LogP contribution is -2.33. The Morgan fingerprint density at radius 2 is 1.77 bits per heavy atom. The largest absolute Gasteiger partial charge is 0.340 e. The van der Waals surface area contributed by atoms with Crippen molar-refractivity contribution in [1.29, 1.82) is 0 Å². The van der Waals surface area contributed by atoms with Crippen LogP contribution in [-0.2, 0) is 17.9 Å². The zero-order valence-electron chi connectivity index (χ0n) is 17.3. The predicted octanol–water partition coefficient (Wildman–Crippen LogP) is 4.40. The third-order valence-corrected chi connectivity index (χ3v) is 6.20. The van der Waals surface area contributed by atoms with Gasteiger partial charge in [0, 0.05) is 24.0 Å². The zero-order valence-corrected chi connectivity index (χ0v) is 18.1. The number of hydrogen-bond acceptors (Lipinski definition) is 4. The molecule has 4 aromatic rings. The van der Waals surface area contributed by atoms with Crippen LogP contribution in [0, 0.1) is 13.8 Å². The molecule has 0 bridgehead atoms. The number of fused-ring (bicyclic) bond motifs is 1. The summed E-state index contributed by atoms with van der Waals surface area (Å²) in [6.45, 7) is 4.49. The Morgan fingerprint density at radius 1 is 1.07 bits per heavy atom. The molecular weight excluding hydrogens is 394 g/mol. The van der Waals surface area contributed by atoms with Gasteiger partial charge >= 0.3 is 0 Å². The third kappa shape index (κ3) is 3.91. The Bertz CT molecular complexity index is 1260. The molecule has 0 spiro atoms. The fraction of sp³-hybridized carbons (Fsp3) is 0.208. The van der Waals surface area contributed by atoms with Crippen LogP contribution in [0.3, 0.4) is 0 Å². The first-order valence-corrected chi connectivity index (χ1v) is 10.6. The van der Waals surface area contributed by atoms with Crippen LogP contribution < -0.4 is 5.56 Å². The minimum Gasteiger partial charge on any atom is -0.340 e. The SMILES string of the molecule is Cc1ccc(CN(C)C(=O)Cn2cnc3sc(C)c(-c4ccccc4)c3c2=O)cc1. The highest BCUT2D eigenvalue weighted by molar-refractivity contribution is 7.19. The van der Waals surface area contributed by atoms with Crippen LogP contribution in [0.2, 0.25) is 0 Å². The molecule has 1 amide bonds. The lowest BCUT2D eigenvalue weighted by Gasteiger charge is -2.18. The van der Waals surface area contributed by atoms with Crippen LogP contribution in [0.1, 0.15) is 16.0 Å². The van der Waals surface area contributed by atoms with Crippen molar-refractivity contribution in [3.63, 3.8) is 0 Å². The van der Waals surface area contributed by atoms with Gasteiger partial charge in [-0.05, 0) is 25.0 Å². The number of rotatable bonds is 5. The topological polar surface area (TPSA) is 55.2 Å². The maximum Gasteiger partial charge on any atom is 0.263 e. The van der Waals surface area contributed by atoms with Gasteiger partial charge in [-0.1, -0.05) is 60.2 Å². The first-order valence-electron chi connectivity index (χ1n) is 9.77. The lowest BCUT2D eigenvalue weighted by molar-refractivity contribution is -0.131. The molecule has 30 heavy (non-hydrogen) atoms. The third-order valence-electron chi connectivity index (χ3n) is 5.19. The van der Waals surface area contributed by atoms with Crippen molar-refractivity contribution in [2.75, 3.05) is 7.05 Å². The summed E-state index contributed by atoms with van der Waals surface area (Å²) in [6, 6.07) is 17.9. The smallest absolute Gasteiger partial charge is 0.263 e. The molecule has 0 saturated heterocycles. The van der Waals surface area contributed by atoms with Crippen LogP contribution in [0.4, 0.5) is 0 Å². The van der Waals surface area contributed by atoms with Gasteiger partial charge in [-0.25, -0.2) is 4.98 Å². The van der Waals surface area contributed by atoms with E-state index in [1.807, 2.05) is 68.4 Å². The minimum absolute atomic E-state index is 0.0345. The molecule has 0 aliphatic carbocycles. The average molecular weight is 418 g/mol. The summed E-state index contributed by atoms with van der Waals surface area (Å²) >= 11 is 1.50. The van der Waals surface area contributed by atoms with Crippen LogP contribution in [0.15, 0.2) is 65.7 Å². The van der Waals surface area contributed by atoms with Crippen LogP contribution >= 0.6 is 11.3 Å². The van der Waals surface area contributed by atoms with Gasteiger partial charge in [-0.15, -0.1) is 11.3 Å². The highest BCUT2D eigenvalue weighted by Crippen LogP contribution is 2.35. The standard InChI is InChI=1S/C24H23N3O2S/c1-16-9-11-18(12-10-16)13-26(3)20(28)14-27-15-25-23-22(24(27)29)21(17(2)30-23)19-7-5-4-6-8-19/h4-12,15H,13-14H2,1-3H3. The van der Waals surface area contributed by atoms with Crippen molar-refractivity contribution >= 4 is 27.5 Å². The summed E-state index contributed by atoms with van der Waals surface area (Å²) in [5.41, 5.74) is 3.94. The Kier molecular flexibility index (Phi) is 5.50. The Balaban J connectivity index is 1.63. The highest BCUT2D eigenvalue weighted by Gasteiger charge is 2.18. The summed E-state index contributed by atoms with van der Waals surface area (Å²) in [5, 5.41) is 0.584. The number of benzene rings is 2. The molecule has 0 atom stereocenters. The molecule has 152 valence electrons. The second-order valence-corrected chi connectivity index (χ2v) is 8.70. The quantitative estimate of drug-likeness (QED) is 0.484. The number of nitrogens with zero attached hydrogens (tertiary/aromatic N) is 3. The van der Waals surface area contributed by atoms with Gasteiger partial charge in [0.15, 0.2) is 0 Å². The normalized spacial score (nSPS) is 11.0. The lowest BCUT2D eigenvalue weighted by atomic mass is 10.0. The number of thiophene rings is 1. The number of amides is 1. The van der Waals surface area contributed by atoms with Crippen molar-refractivity contribution in [2.45, 2.75) is 26.9 Å². The fourth-order valence-electron chi connectivity index (χ4n) is 3.52. The van der Waals surface area contributed by atoms with Crippen molar-refractivity contribution in [1.82, 2.24) is 14.5 Å². The number of likely N-dealkylation sites (N-methyl/N-ethyl adjacent to an activating group) is 1. The van der Waals surface area contributed by atoms with Crippen molar-refractivity contribution in [2.24, 2.45) is 0 Å². The number of aromatic nitrogens is 2. The van der Waals surface area contributed by atoms with E-state index in [0.29, 0.717) is 16.8 Å². The van der Waals surface area contributed by atoms with E-state index in [-0.39, 0.29) is 18.0 Å². The molecule has 2 aromatic heterocycles.